The molecule has 4 saturated heterocycles. The van der Waals surface area contributed by atoms with Gasteiger partial charge in [-0.2, -0.15) is 0 Å². The molecule has 0 unspecified atom stereocenters. The summed E-state index contributed by atoms with van der Waals surface area (Å²) in [7, 11) is 0. The van der Waals surface area contributed by atoms with Crippen LogP contribution in [-0.2, 0) is 23.7 Å². The van der Waals surface area contributed by atoms with Gasteiger partial charge in [0.25, 0.3) is 0 Å². The summed E-state index contributed by atoms with van der Waals surface area (Å²) >= 11 is 3.65. The predicted molar refractivity (Wildman–Crippen MR) is 69.0 cm³/mol. The molecule has 0 aromatic carbocycles. The van der Waals surface area contributed by atoms with E-state index in [1.54, 1.807) is 0 Å². The maximum absolute atomic E-state index is 6.19. The molecule has 0 aromatic heterocycles. The fourth-order valence-corrected chi connectivity index (χ4v) is 4.58. The largest absolute Gasteiger partial charge is 0.365 e. The van der Waals surface area contributed by atoms with E-state index in [1.165, 1.54) is 0 Å². The van der Waals surface area contributed by atoms with Crippen molar-refractivity contribution in [2.75, 3.05) is 6.61 Å². The molecule has 19 heavy (non-hydrogen) atoms. The number of rotatable bonds is 0. The van der Waals surface area contributed by atoms with Crippen LogP contribution in [0.3, 0.4) is 0 Å². The molecule has 0 amide bonds. The topological polar surface area (TPSA) is 46.2 Å². The third-order valence-corrected chi connectivity index (χ3v) is 5.25. The lowest BCUT2D eigenvalue weighted by atomic mass is 9.84. The Balaban J connectivity index is 1.78. The molecule has 5 nitrogen and oxygen atoms in total. The van der Waals surface area contributed by atoms with Crippen molar-refractivity contribution in [3.8, 4) is 0 Å². The standard InChI is InChI=1S/C13H19BrO5/c1-11(2)10-13(7(17-11)6(14)5-15-13)8-9(16-10)19-12(3,4)18-8/h6-10H,5H2,1-4H3/t6-,7+,8+,9-,10-,13+/m1/s1. The first-order valence-electron chi connectivity index (χ1n) is 6.73. The number of hydrogen-bond donors (Lipinski definition) is 0. The second kappa shape index (κ2) is 3.54. The van der Waals surface area contributed by atoms with Crippen molar-refractivity contribution in [1.29, 1.82) is 0 Å². The van der Waals surface area contributed by atoms with E-state index in [1.807, 2.05) is 27.7 Å². The average molecular weight is 335 g/mol. The van der Waals surface area contributed by atoms with E-state index >= 15 is 0 Å². The van der Waals surface area contributed by atoms with Gasteiger partial charge >= 0.3 is 0 Å². The van der Waals surface area contributed by atoms with Crippen molar-refractivity contribution in [3.63, 3.8) is 0 Å². The highest BCUT2D eigenvalue weighted by Crippen LogP contribution is 2.58. The summed E-state index contributed by atoms with van der Waals surface area (Å²) in [5, 5.41) is 0. The summed E-state index contributed by atoms with van der Waals surface area (Å²) in [5.41, 5.74) is -0.964. The lowest BCUT2D eigenvalue weighted by molar-refractivity contribution is -0.233. The molecule has 4 aliphatic rings. The van der Waals surface area contributed by atoms with Crippen molar-refractivity contribution in [1.82, 2.24) is 0 Å². The molecule has 4 rings (SSSR count). The zero-order valence-corrected chi connectivity index (χ0v) is 13.1. The van der Waals surface area contributed by atoms with Crippen LogP contribution in [0.15, 0.2) is 0 Å². The molecule has 0 aromatic rings. The second-order valence-corrected chi connectivity index (χ2v) is 7.94. The molecular weight excluding hydrogens is 316 g/mol. The van der Waals surface area contributed by atoms with Crippen LogP contribution in [-0.4, -0.2) is 53.0 Å². The molecule has 0 aliphatic carbocycles. The molecule has 6 heteroatoms. The summed E-state index contributed by atoms with van der Waals surface area (Å²) in [6.45, 7) is 8.47. The van der Waals surface area contributed by atoms with Gasteiger partial charge in [-0.15, -0.1) is 0 Å². The number of halogens is 1. The van der Waals surface area contributed by atoms with Crippen molar-refractivity contribution in [2.24, 2.45) is 0 Å². The Morgan fingerprint density at radius 1 is 1.00 bits per heavy atom. The lowest BCUT2D eigenvalue weighted by Crippen LogP contribution is -2.54. The number of ether oxygens (including phenoxy) is 5. The van der Waals surface area contributed by atoms with Crippen LogP contribution in [0.1, 0.15) is 27.7 Å². The molecule has 0 N–H and O–H groups in total. The van der Waals surface area contributed by atoms with Crippen LogP contribution in [0.2, 0.25) is 0 Å². The van der Waals surface area contributed by atoms with Gasteiger partial charge in [0.1, 0.15) is 18.3 Å². The predicted octanol–water partition coefficient (Wildman–Crippen LogP) is 1.57. The fraction of sp³-hybridized carbons (Fsp3) is 1.00. The van der Waals surface area contributed by atoms with E-state index < -0.39 is 17.0 Å². The van der Waals surface area contributed by atoms with Gasteiger partial charge in [-0.1, -0.05) is 15.9 Å². The highest BCUT2D eigenvalue weighted by atomic mass is 79.9. The molecule has 4 heterocycles. The van der Waals surface area contributed by atoms with Crippen LogP contribution in [0.4, 0.5) is 0 Å². The average Bonchev–Trinajstić information content (AvgIpc) is 2.89. The monoisotopic (exact) mass is 334 g/mol. The van der Waals surface area contributed by atoms with Crippen LogP contribution in [0.25, 0.3) is 0 Å². The summed E-state index contributed by atoms with van der Waals surface area (Å²) in [5.74, 6) is -0.639. The van der Waals surface area contributed by atoms with Gasteiger partial charge in [-0.3, -0.25) is 0 Å². The van der Waals surface area contributed by atoms with E-state index in [2.05, 4.69) is 15.9 Å². The molecule has 1 spiro atoms. The van der Waals surface area contributed by atoms with Crippen molar-refractivity contribution >= 4 is 15.9 Å². The van der Waals surface area contributed by atoms with Gasteiger partial charge in [-0.05, 0) is 27.7 Å². The molecule has 0 bridgehead atoms. The molecule has 4 aliphatic heterocycles. The molecule has 108 valence electrons. The van der Waals surface area contributed by atoms with E-state index in [0.29, 0.717) is 6.61 Å². The Bertz CT molecular complexity index is 425. The molecule has 4 fully saturated rings. The van der Waals surface area contributed by atoms with Gasteiger partial charge in [0.05, 0.1) is 17.0 Å². The van der Waals surface area contributed by atoms with E-state index in [-0.39, 0.29) is 29.4 Å². The van der Waals surface area contributed by atoms with Crippen molar-refractivity contribution < 1.29 is 23.7 Å². The summed E-state index contributed by atoms with van der Waals surface area (Å²) in [6.07, 6.45) is -0.844. The Kier molecular flexibility index (Phi) is 2.42. The second-order valence-electron chi connectivity index (χ2n) is 6.76. The van der Waals surface area contributed by atoms with Crippen LogP contribution >= 0.6 is 15.9 Å². The van der Waals surface area contributed by atoms with Gasteiger partial charge < -0.3 is 23.7 Å². The first kappa shape index (κ1) is 13.0. The fourth-order valence-electron chi connectivity index (χ4n) is 3.93. The zero-order valence-electron chi connectivity index (χ0n) is 11.5. The normalized spacial score (nSPS) is 57.0. The Morgan fingerprint density at radius 3 is 2.47 bits per heavy atom. The number of alkyl halides is 1. The highest BCUT2D eigenvalue weighted by Gasteiger charge is 2.78. The smallest absolute Gasteiger partial charge is 0.190 e. The van der Waals surface area contributed by atoms with E-state index in [4.69, 9.17) is 23.7 Å². The number of fused-ring (bicyclic) bond motifs is 1. The quantitative estimate of drug-likeness (QED) is 0.629. The third-order valence-electron chi connectivity index (χ3n) is 4.51. The Morgan fingerprint density at radius 2 is 1.74 bits per heavy atom. The molecular formula is C13H19BrO5. The minimum Gasteiger partial charge on any atom is -0.365 e. The molecule has 6 atom stereocenters. The zero-order chi connectivity index (χ0) is 13.6. The first-order chi connectivity index (χ1) is 8.76. The first-order valence-corrected chi connectivity index (χ1v) is 7.65. The lowest BCUT2D eigenvalue weighted by Gasteiger charge is -2.33. The van der Waals surface area contributed by atoms with Crippen molar-refractivity contribution in [3.05, 3.63) is 0 Å². The maximum atomic E-state index is 6.19. The van der Waals surface area contributed by atoms with Crippen LogP contribution in [0, 0.1) is 0 Å². The SMILES string of the molecule is CC1(C)O[C@H]2O[C@@H]3C(C)(C)O[C@H]4[C@H](Br)CO[C@@]34[C@H]2O1. The molecule has 0 radical (unpaired) electrons. The minimum absolute atomic E-state index is 0.0694. The minimum atomic E-state index is -0.639. The third kappa shape index (κ3) is 1.48. The van der Waals surface area contributed by atoms with E-state index in [0.717, 1.165) is 0 Å². The number of hydrogen-bond acceptors (Lipinski definition) is 5. The Labute approximate surface area is 121 Å². The van der Waals surface area contributed by atoms with Gasteiger partial charge in [0.2, 0.25) is 0 Å². The maximum Gasteiger partial charge on any atom is 0.190 e. The highest BCUT2D eigenvalue weighted by molar-refractivity contribution is 9.09. The summed E-state index contributed by atoms with van der Waals surface area (Å²) < 4.78 is 30.3. The summed E-state index contributed by atoms with van der Waals surface area (Å²) in [6, 6.07) is 0. The van der Waals surface area contributed by atoms with Gasteiger partial charge in [0, 0.05) is 0 Å². The van der Waals surface area contributed by atoms with Crippen molar-refractivity contribution in [2.45, 2.75) is 74.1 Å². The van der Waals surface area contributed by atoms with Gasteiger partial charge in [-0.25, -0.2) is 0 Å². The Hall–Kier alpha value is 0.280. The molecule has 0 saturated carbocycles. The van der Waals surface area contributed by atoms with E-state index in [9.17, 15) is 0 Å². The summed E-state index contributed by atoms with van der Waals surface area (Å²) in [4.78, 5) is 0.159. The van der Waals surface area contributed by atoms with Gasteiger partial charge in [0.15, 0.2) is 17.7 Å². The van der Waals surface area contributed by atoms with Crippen LogP contribution < -0.4 is 0 Å². The van der Waals surface area contributed by atoms with Crippen LogP contribution in [0.5, 0.6) is 0 Å².